The SMILES string of the molecule is O=C(NCc1ccccc1)C1CCN(C(=O)NCCc2ccccc2Cl)CC1. The highest BCUT2D eigenvalue weighted by Gasteiger charge is 2.27. The van der Waals surface area contributed by atoms with Crippen molar-refractivity contribution in [3.8, 4) is 0 Å². The minimum atomic E-state index is -0.0739. The molecule has 1 aliphatic rings. The Labute approximate surface area is 171 Å². The molecule has 1 aliphatic heterocycles. The highest BCUT2D eigenvalue weighted by Crippen LogP contribution is 2.18. The van der Waals surface area contributed by atoms with Gasteiger partial charge in [-0.05, 0) is 36.5 Å². The number of hydrogen-bond acceptors (Lipinski definition) is 2. The molecule has 3 rings (SSSR count). The molecule has 0 aliphatic carbocycles. The number of piperidine rings is 1. The van der Waals surface area contributed by atoms with Crippen LogP contribution < -0.4 is 10.6 Å². The number of halogens is 1. The van der Waals surface area contributed by atoms with Crippen molar-refractivity contribution in [2.24, 2.45) is 5.92 Å². The van der Waals surface area contributed by atoms with Gasteiger partial charge in [0, 0.05) is 37.1 Å². The maximum atomic E-state index is 12.4. The highest BCUT2D eigenvalue weighted by molar-refractivity contribution is 6.31. The first-order valence-corrected chi connectivity index (χ1v) is 10.1. The van der Waals surface area contributed by atoms with Crippen LogP contribution in [-0.2, 0) is 17.8 Å². The molecule has 1 saturated heterocycles. The summed E-state index contributed by atoms with van der Waals surface area (Å²) in [5.74, 6) is 0.0403. The normalized spacial score (nSPS) is 14.5. The Morgan fingerprint density at radius 3 is 2.36 bits per heavy atom. The van der Waals surface area contributed by atoms with Crippen LogP contribution in [0, 0.1) is 5.92 Å². The largest absolute Gasteiger partial charge is 0.352 e. The Morgan fingerprint density at radius 2 is 1.64 bits per heavy atom. The number of carbonyl (C=O) groups is 2. The van der Waals surface area contributed by atoms with E-state index in [2.05, 4.69) is 10.6 Å². The van der Waals surface area contributed by atoms with Gasteiger partial charge in [0.1, 0.15) is 0 Å². The quantitative estimate of drug-likeness (QED) is 0.779. The number of urea groups is 1. The van der Waals surface area contributed by atoms with Crippen LogP contribution in [-0.4, -0.2) is 36.5 Å². The molecule has 3 amide bonds. The second kappa shape index (κ2) is 10.1. The molecule has 28 heavy (non-hydrogen) atoms. The first kappa shape index (κ1) is 20.2. The Balaban J connectivity index is 1.36. The van der Waals surface area contributed by atoms with Crippen molar-refractivity contribution in [2.75, 3.05) is 19.6 Å². The number of hydrogen-bond donors (Lipinski definition) is 2. The predicted molar refractivity (Wildman–Crippen MR) is 111 cm³/mol. The molecular formula is C22H26ClN3O2. The maximum absolute atomic E-state index is 12.4. The van der Waals surface area contributed by atoms with Crippen molar-refractivity contribution in [3.05, 3.63) is 70.7 Å². The zero-order valence-corrected chi connectivity index (χ0v) is 16.6. The van der Waals surface area contributed by atoms with Crippen LogP contribution in [0.2, 0.25) is 5.02 Å². The minimum absolute atomic E-state index is 0.0316. The van der Waals surface area contributed by atoms with E-state index in [9.17, 15) is 9.59 Å². The number of benzene rings is 2. The lowest BCUT2D eigenvalue weighted by atomic mass is 9.96. The average Bonchev–Trinajstić information content (AvgIpc) is 2.74. The minimum Gasteiger partial charge on any atom is -0.352 e. The molecule has 0 saturated carbocycles. The second-order valence-corrected chi connectivity index (χ2v) is 7.45. The third kappa shape index (κ3) is 5.73. The number of carbonyl (C=O) groups excluding carboxylic acids is 2. The first-order chi connectivity index (χ1) is 13.6. The van der Waals surface area contributed by atoms with Crippen LogP contribution in [0.3, 0.4) is 0 Å². The zero-order chi connectivity index (χ0) is 19.8. The zero-order valence-electron chi connectivity index (χ0n) is 15.9. The molecule has 0 atom stereocenters. The molecule has 1 heterocycles. The fourth-order valence-corrected chi connectivity index (χ4v) is 3.62. The molecule has 2 aromatic rings. The van der Waals surface area contributed by atoms with E-state index in [4.69, 9.17) is 11.6 Å². The monoisotopic (exact) mass is 399 g/mol. The van der Waals surface area contributed by atoms with Gasteiger partial charge in [-0.2, -0.15) is 0 Å². The van der Waals surface area contributed by atoms with E-state index in [0.29, 0.717) is 45.4 Å². The fraction of sp³-hybridized carbons (Fsp3) is 0.364. The van der Waals surface area contributed by atoms with Crippen LogP contribution in [0.1, 0.15) is 24.0 Å². The lowest BCUT2D eigenvalue weighted by Gasteiger charge is -2.31. The summed E-state index contributed by atoms with van der Waals surface area (Å²) in [5, 5.41) is 6.67. The number of rotatable bonds is 6. The summed E-state index contributed by atoms with van der Waals surface area (Å²) in [6.07, 6.45) is 2.08. The molecule has 2 aromatic carbocycles. The van der Waals surface area contributed by atoms with Gasteiger partial charge < -0.3 is 15.5 Å². The topological polar surface area (TPSA) is 61.4 Å². The fourth-order valence-electron chi connectivity index (χ4n) is 3.39. The van der Waals surface area contributed by atoms with Gasteiger partial charge in [-0.25, -0.2) is 4.79 Å². The number of likely N-dealkylation sites (tertiary alicyclic amines) is 1. The lowest BCUT2D eigenvalue weighted by molar-refractivity contribution is -0.126. The Bertz CT molecular complexity index is 789. The molecule has 2 N–H and O–H groups in total. The van der Waals surface area contributed by atoms with Gasteiger partial charge in [-0.1, -0.05) is 60.1 Å². The van der Waals surface area contributed by atoms with Crippen LogP contribution in [0.25, 0.3) is 0 Å². The molecule has 5 nitrogen and oxygen atoms in total. The molecular weight excluding hydrogens is 374 g/mol. The van der Waals surface area contributed by atoms with Crippen LogP contribution in [0.5, 0.6) is 0 Å². The van der Waals surface area contributed by atoms with Gasteiger partial charge in [0.2, 0.25) is 5.91 Å². The summed E-state index contributed by atoms with van der Waals surface area (Å²) in [5.41, 5.74) is 2.12. The third-order valence-corrected chi connectivity index (χ3v) is 5.46. The van der Waals surface area contributed by atoms with E-state index in [0.717, 1.165) is 16.1 Å². The summed E-state index contributed by atoms with van der Waals surface area (Å²) in [7, 11) is 0. The lowest BCUT2D eigenvalue weighted by Crippen LogP contribution is -2.47. The van der Waals surface area contributed by atoms with Crippen LogP contribution >= 0.6 is 11.6 Å². The summed E-state index contributed by atoms with van der Waals surface area (Å²) in [6, 6.07) is 17.5. The molecule has 0 spiro atoms. The number of amides is 3. The van der Waals surface area contributed by atoms with E-state index in [1.165, 1.54) is 0 Å². The van der Waals surface area contributed by atoms with Gasteiger partial charge in [-0.15, -0.1) is 0 Å². The van der Waals surface area contributed by atoms with Crippen LogP contribution in [0.15, 0.2) is 54.6 Å². The Hall–Kier alpha value is -2.53. The predicted octanol–water partition coefficient (Wildman–Crippen LogP) is 3.62. The van der Waals surface area contributed by atoms with Crippen molar-refractivity contribution in [1.29, 1.82) is 0 Å². The summed E-state index contributed by atoms with van der Waals surface area (Å²) in [6.45, 7) is 2.28. The molecule has 0 radical (unpaired) electrons. The second-order valence-electron chi connectivity index (χ2n) is 7.04. The van der Waals surface area contributed by atoms with Gasteiger partial charge in [-0.3, -0.25) is 4.79 Å². The summed E-state index contributed by atoms with van der Waals surface area (Å²) >= 11 is 6.14. The molecule has 148 valence electrons. The van der Waals surface area contributed by atoms with Crippen LogP contribution in [0.4, 0.5) is 4.79 Å². The molecule has 1 fully saturated rings. The van der Waals surface area contributed by atoms with Crippen molar-refractivity contribution < 1.29 is 9.59 Å². The number of nitrogens with one attached hydrogen (secondary N) is 2. The van der Waals surface area contributed by atoms with Crippen molar-refractivity contribution in [2.45, 2.75) is 25.8 Å². The van der Waals surface area contributed by atoms with Gasteiger partial charge in [0.05, 0.1) is 0 Å². The van der Waals surface area contributed by atoms with Gasteiger partial charge in [0.15, 0.2) is 0 Å². The van der Waals surface area contributed by atoms with E-state index < -0.39 is 0 Å². The Morgan fingerprint density at radius 1 is 0.964 bits per heavy atom. The molecule has 0 unspecified atom stereocenters. The first-order valence-electron chi connectivity index (χ1n) is 9.71. The van der Waals surface area contributed by atoms with E-state index in [1.807, 2.05) is 54.6 Å². The van der Waals surface area contributed by atoms with Gasteiger partial charge >= 0.3 is 6.03 Å². The highest BCUT2D eigenvalue weighted by atomic mass is 35.5. The number of nitrogens with zero attached hydrogens (tertiary/aromatic N) is 1. The van der Waals surface area contributed by atoms with E-state index in [1.54, 1.807) is 4.90 Å². The molecule has 0 bridgehead atoms. The molecule has 6 heteroatoms. The summed E-state index contributed by atoms with van der Waals surface area (Å²) < 4.78 is 0. The summed E-state index contributed by atoms with van der Waals surface area (Å²) in [4.78, 5) is 26.5. The van der Waals surface area contributed by atoms with Crippen molar-refractivity contribution in [1.82, 2.24) is 15.5 Å². The Kier molecular flexibility index (Phi) is 7.31. The average molecular weight is 400 g/mol. The smallest absolute Gasteiger partial charge is 0.317 e. The van der Waals surface area contributed by atoms with Crippen molar-refractivity contribution >= 4 is 23.5 Å². The standard InChI is InChI=1S/C22H26ClN3O2/c23-20-9-5-4-8-18(20)10-13-24-22(28)26-14-11-19(12-15-26)21(27)25-16-17-6-2-1-3-7-17/h1-9,19H,10-16H2,(H,24,28)(H,25,27). The maximum Gasteiger partial charge on any atom is 0.317 e. The third-order valence-electron chi connectivity index (χ3n) is 5.09. The van der Waals surface area contributed by atoms with E-state index in [-0.39, 0.29) is 17.9 Å². The van der Waals surface area contributed by atoms with E-state index >= 15 is 0 Å². The molecule has 0 aromatic heterocycles. The van der Waals surface area contributed by atoms with Gasteiger partial charge in [0.25, 0.3) is 0 Å². The van der Waals surface area contributed by atoms with Crippen molar-refractivity contribution in [3.63, 3.8) is 0 Å².